The lowest BCUT2D eigenvalue weighted by atomic mass is 10.2. The molecule has 0 aromatic heterocycles. The number of nitrogens with zero attached hydrogens (tertiary/aromatic N) is 1. The van der Waals surface area contributed by atoms with Crippen molar-refractivity contribution in [3.8, 4) is 0 Å². The lowest BCUT2D eigenvalue weighted by Crippen LogP contribution is -2.28. The molecule has 5 nitrogen and oxygen atoms in total. The maximum Gasteiger partial charge on any atom is 0.338 e. The smallest absolute Gasteiger partial charge is 0.338 e. The number of carbonyl (C=O) groups is 3. The summed E-state index contributed by atoms with van der Waals surface area (Å²) in [5.41, 5.74) is 0.923. The Morgan fingerprint density at radius 1 is 1.15 bits per heavy atom. The molecule has 0 spiro atoms. The van der Waals surface area contributed by atoms with Crippen LogP contribution in [0.4, 0.5) is 5.69 Å². The Kier molecular flexibility index (Phi) is 4.50. The van der Waals surface area contributed by atoms with Gasteiger partial charge in [-0.3, -0.25) is 14.5 Å². The van der Waals surface area contributed by atoms with E-state index in [9.17, 15) is 14.4 Å². The van der Waals surface area contributed by atoms with E-state index in [2.05, 4.69) is 0 Å². The minimum absolute atomic E-state index is 0.201. The second-order valence-corrected chi connectivity index (χ2v) is 4.66. The predicted molar refractivity (Wildman–Crippen MR) is 73.4 cm³/mol. The van der Waals surface area contributed by atoms with Crippen molar-refractivity contribution in [2.24, 2.45) is 0 Å². The lowest BCUT2D eigenvalue weighted by molar-refractivity contribution is -0.121. The van der Waals surface area contributed by atoms with Crippen LogP contribution in [0.15, 0.2) is 24.3 Å². The second-order valence-electron chi connectivity index (χ2n) is 4.66. The minimum Gasteiger partial charge on any atom is -0.462 e. The van der Waals surface area contributed by atoms with Crippen molar-refractivity contribution in [1.29, 1.82) is 0 Å². The van der Waals surface area contributed by atoms with Crippen LogP contribution in [0, 0.1) is 0 Å². The predicted octanol–water partition coefficient (Wildman–Crippen LogP) is 2.30. The van der Waals surface area contributed by atoms with Gasteiger partial charge in [0.1, 0.15) is 0 Å². The van der Waals surface area contributed by atoms with Gasteiger partial charge < -0.3 is 4.74 Å². The van der Waals surface area contributed by atoms with Gasteiger partial charge >= 0.3 is 5.97 Å². The van der Waals surface area contributed by atoms with Crippen molar-refractivity contribution in [3.63, 3.8) is 0 Å². The Balaban J connectivity index is 2.04. The fourth-order valence-electron chi connectivity index (χ4n) is 2.00. The number of carbonyl (C=O) groups excluding carboxylic acids is 3. The number of hydrogen-bond acceptors (Lipinski definition) is 4. The standard InChI is InChI=1S/C15H17NO4/c1-2-3-10-20-15(19)11-4-6-12(7-5-11)16-13(17)8-9-14(16)18/h4-7H,2-3,8-10H2,1H3. The average molecular weight is 275 g/mol. The van der Waals surface area contributed by atoms with Crippen molar-refractivity contribution < 1.29 is 19.1 Å². The molecule has 1 aromatic carbocycles. The molecule has 0 aliphatic carbocycles. The van der Waals surface area contributed by atoms with Gasteiger partial charge in [0, 0.05) is 12.8 Å². The zero-order chi connectivity index (χ0) is 14.5. The molecule has 0 atom stereocenters. The molecule has 106 valence electrons. The Morgan fingerprint density at radius 3 is 2.30 bits per heavy atom. The topological polar surface area (TPSA) is 63.7 Å². The summed E-state index contributed by atoms with van der Waals surface area (Å²) in [7, 11) is 0. The van der Waals surface area contributed by atoms with Crippen molar-refractivity contribution in [2.45, 2.75) is 32.6 Å². The molecule has 1 aliphatic rings. The molecule has 1 fully saturated rings. The number of amides is 2. The first-order chi connectivity index (χ1) is 9.63. The highest BCUT2D eigenvalue weighted by atomic mass is 16.5. The first-order valence-corrected chi connectivity index (χ1v) is 6.76. The molecule has 20 heavy (non-hydrogen) atoms. The molecule has 1 heterocycles. The molecule has 2 amide bonds. The molecule has 1 aromatic rings. The highest BCUT2D eigenvalue weighted by Gasteiger charge is 2.30. The molecule has 0 saturated carbocycles. The molecule has 0 bridgehead atoms. The van der Waals surface area contributed by atoms with Gasteiger partial charge in [0.25, 0.3) is 0 Å². The van der Waals surface area contributed by atoms with Crippen LogP contribution in [-0.4, -0.2) is 24.4 Å². The van der Waals surface area contributed by atoms with E-state index >= 15 is 0 Å². The highest BCUT2D eigenvalue weighted by molar-refractivity contribution is 6.19. The molecule has 0 unspecified atom stereocenters. The van der Waals surface area contributed by atoms with Crippen LogP contribution >= 0.6 is 0 Å². The first-order valence-electron chi connectivity index (χ1n) is 6.76. The molecule has 2 rings (SSSR count). The highest BCUT2D eigenvalue weighted by Crippen LogP contribution is 2.22. The fourth-order valence-corrected chi connectivity index (χ4v) is 2.00. The summed E-state index contributed by atoms with van der Waals surface area (Å²) < 4.78 is 5.09. The van der Waals surface area contributed by atoms with Crippen LogP contribution in [0.5, 0.6) is 0 Å². The third-order valence-corrected chi connectivity index (χ3v) is 3.14. The van der Waals surface area contributed by atoms with Crippen molar-refractivity contribution in [1.82, 2.24) is 0 Å². The molecular weight excluding hydrogens is 258 g/mol. The Hall–Kier alpha value is -2.17. The molecule has 0 radical (unpaired) electrons. The number of ether oxygens (including phenoxy) is 1. The Morgan fingerprint density at radius 2 is 1.75 bits per heavy atom. The van der Waals surface area contributed by atoms with Gasteiger partial charge in [-0.15, -0.1) is 0 Å². The summed E-state index contributed by atoms with van der Waals surface area (Å²) in [5.74, 6) is -0.786. The van der Waals surface area contributed by atoms with Crippen LogP contribution in [0.1, 0.15) is 43.0 Å². The Bertz CT molecular complexity index is 505. The molecular formula is C15H17NO4. The van der Waals surface area contributed by atoms with Gasteiger partial charge in [0.15, 0.2) is 0 Å². The number of imide groups is 1. The quantitative estimate of drug-likeness (QED) is 0.470. The van der Waals surface area contributed by atoms with Gasteiger partial charge in [-0.2, -0.15) is 0 Å². The Labute approximate surface area is 117 Å². The van der Waals surface area contributed by atoms with Gasteiger partial charge in [-0.25, -0.2) is 4.79 Å². The minimum atomic E-state index is -0.385. The number of benzene rings is 1. The summed E-state index contributed by atoms with van der Waals surface area (Å²) >= 11 is 0. The van der Waals surface area contributed by atoms with Crippen molar-refractivity contribution in [2.75, 3.05) is 11.5 Å². The van der Waals surface area contributed by atoms with Gasteiger partial charge in [-0.05, 0) is 30.7 Å². The number of unbranched alkanes of at least 4 members (excludes halogenated alkanes) is 1. The van der Waals surface area contributed by atoms with E-state index in [4.69, 9.17) is 4.74 Å². The molecule has 1 saturated heterocycles. The van der Waals surface area contributed by atoms with Crippen LogP contribution in [0.25, 0.3) is 0 Å². The zero-order valence-electron chi connectivity index (χ0n) is 11.4. The number of hydrogen-bond donors (Lipinski definition) is 0. The summed E-state index contributed by atoms with van der Waals surface area (Å²) in [6, 6.07) is 6.33. The molecule has 0 N–H and O–H groups in total. The van der Waals surface area contributed by atoms with E-state index in [1.54, 1.807) is 24.3 Å². The van der Waals surface area contributed by atoms with Crippen LogP contribution in [0.3, 0.4) is 0 Å². The van der Waals surface area contributed by atoms with E-state index in [0.29, 0.717) is 17.9 Å². The third kappa shape index (κ3) is 3.04. The monoisotopic (exact) mass is 275 g/mol. The van der Waals surface area contributed by atoms with E-state index in [1.165, 1.54) is 0 Å². The zero-order valence-corrected chi connectivity index (χ0v) is 11.4. The first kappa shape index (κ1) is 14.2. The number of anilines is 1. The number of esters is 1. The van der Waals surface area contributed by atoms with Crippen molar-refractivity contribution in [3.05, 3.63) is 29.8 Å². The summed E-state index contributed by atoms with van der Waals surface area (Å²) in [5, 5.41) is 0. The largest absolute Gasteiger partial charge is 0.462 e. The van der Waals surface area contributed by atoms with Crippen LogP contribution in [0.2, 0.25) is 0 Å². The summed E-state index contributed by atoms with van der Waals surface area (Å²) in [6.07, 6.45) is 2.30. The lowest BCUT2D eigenvalue weighted by Gasteiger charge is -2.13. The van der Waals surface area contributed by atoms with Gasteiger partial charge in [0.2, 0.25) is 11.8 Å². The SMILES string of the molecule is CCCCOC(=O)c1ccc(N2C(=O)CCC2=O)cc1. The van der Waals surface area contributed by atoms with Crippen LogP contribution in [-0.2, 0) is 14.3 Å². The maximum absolute atomic E-state index is 11.7. The molecule has 5 heteroatoms. The summed E-state index contributed by atoms with van der Waals surface area (Å²) in [6.45, 7) is 2.42. The third-order valence-electron chi connectivity index (χ3n) is 3.14. The molecule has 1 aliphatic heterocycles. The fraction of sp³-hybridized carbons (Fsp3) is 0.400. The van der Waals surface area contributed by atoms with E-state index in [-0.39, 0.29) is 30.6 Å². The number of rotatable bonds is 5. The normalized spacial score (nSPS) is 14.8. The van der Waals surface area contributed by atoms with Crippen LogP contribution < -0.4 is 4.90 Å². The van der Waals surface area contributed by atoms with E-state index < -0.39 is 0 Å². The summed E-state index contributed by atoms with van der Waals surface area (Å²) in [4.78, 5) is 36.1. The van der Waals surface area contributed by atoms with E-state index in [0.717, 1.165) is 17.7 Å². The second kappa shape index (κ2) is 6.32. The maximum atomic E-state index is 11.7. The average Bonchev–Trinajstić information content (AvgIpc) is 2.78. The van der Waals surface area contributed by atoms with Gasteiger partial charge in [0.05, 0.1) is 17.9 Å². The van der Waals surface area contributed by atoms with E-state index in [1.807, 2.05) is 6.92 Å². The van der Waals surface area contributed by atoms with Gasteiger partial charge in [-0.1, -0.05) is 13.3 Å². The van der Waals surface area contributed by atoms with Crippen molar-refractivity contribution >= 4 is 23.5 Å².